The second kappa shape index (κ2) is 18.0. The Morgan fingerprint density at radius 1 is 0.267 bits per heavy atom. The first-order chi connectivity index (χ1) is 42.6. The Morgan fingerprint density at radius 2 is 0.616 bits per heavy atom. The zero-order chi connectivity index (χ0) is 56.1. The van der Waals surface area contributed by atoms with Crippen molar-refractivity contribution in [3.8, 4) is 22.3 Å². The van der Waals surface area contributed by atoms with E-state index in [4.69, 9.17) is 17.7 Å². The first kappa shape index (κ1) is 47.1. The van der Waals surface area contributed by atoms with Crippen LogP contribution in [0.1, 0.15) is 0 Å². The molecule has 2 aliphatic rings. The second-order valence-corrected chi connectivity index (χ2v) is 22.7. The van der Waals surface area contributed by atoms with Gasteiger partial charge in [-0.3, -0.25) is 0 Å². The largest absolute Gasteiger partial charge is 0.456 e. The van der Waals surface area contributed by atoms with Crippen LogP contribution in [0, 0.1) is 0 Å². The summed E-state index contributed by atoms with van der Waals surface area (Å²) in [7, 11) is 0. The molecule has 13 aromatic carbocycles. The van der Waals surface area contributed by atoms with Crippen molar-refractivity contribution in [2.24, 2.45) is 0 Å². The summed E-state index contributed by atoms with van der Waals surface area (Å²) in [5, 5.41) is 8.40. The third kappa shape index (κ3) is 6.86. The molecule has 8 heteroatoms. The lowest BCUT2D eigenvalue weighted by molar-refractivity contribution is 0.668. The molecule has 0 bridgehead atoms. The number of para-hydroxylation sites is 6. The quantitative estimate of drug-likeness (QED) is 0.147. The minimum absolute atomic E-state index is 0.305. The van der Waals surface area contributed by atoms with Crippen LogP contribution < -0.4 is 31.1 Å². The fourth-order valence-corrected chi connectivity index (χ4v) is 14.3. The lowest BCUT2D eigenvalue weighted by Crippen LogP contribution is -2.61. The summed E-state index contributed by atoms with van der Waals surface area (Å²) >= 11 is 0. The van der Waals surface area contributed by atoms with Crippen LogP contribution in [-0.2, 0) is 0 Å². The van der Waals surface area contributed by atoms with E-state index in [2.05, 4.69) is 282 Å². The molecule has 2 aliphatic heterocycles. The van der Waals surface area contributed by atoms with Crippen molar-refractivity contribution in [1.82, 2.24) is 0 Å². The number of furan rings is 4. The first-order valence-corrected chi connectivity index (χ1v) is 29.2. The molecule has 0 amide bonds. The van der Waals surface area contributed by atoms with Gasteiger partial charge in [0.15, 0.2) is 0 Å². The molecular formula is C78H46BN3O4. The highest BCUT2D eigenvalue weighted by Gasteiger charge is 2.45. The van der Waals surface area contributed by atoms with Crippen LogP contribution in [-0.4, -0.2) is 6.71 Å². The van der Waals surface area contributed by atoms with Crippen molar-refractivity contribution in [3.05, 3.63) is 279 Å². The average Bonchev–Trinajstić information content (AvgIpc) is 0.908. The van der Waals surface area contributed by atoms with Gasteiger partial charge < -0.3 is 32.4 Å². The zero-order valence-electron chi connectivity index (χ0n) is 46.1. The highest BCUT2D eigenvalue weighted by molar-refractivity contribution is 7.00. The summed E-state index contributed by atoms with van der Waals surface area (Å²) in [6, 6.07) is 100. The van der Waals surface area contributed by atoms with E-state index in [-0.39, 0.29) is 6.71 Å². The Hall–Kier alpha value is -11.5. The lowest BCUT2D eigenvalue weighted by atomic mass is 9.33. The highest BCUT2D eigenvalue weighted by Crippen LogP contribution is 2.53. The summed E-state index contributed by atoms with van der Waals surface area (Å²) in [4.78, 5) is 7.52. The lowest BCUT2D eigenvalue weighted by Gasteiger charge is -2.45. The molecule has 19 rings (SSSR count). The predicted octanol–water partition coefficient (Wildman–Crippen LogP) is 20.2. The van der Waals surface area contributed by atoms with Gasteiger partial charge in [-0.25, -0.2) is 0 Å². The van der Waals surface area contributed by atoms with Crippen LogP contribution in [0.15, 0.2) is 297 Å². The summed E-state index contributed by atoms with van der Waals surface area (Å²) in [6.45, 7) is -0.305. The monoisotopic (exact) mass is 1100 g/mol. The van der Waals surface area contributed by atoms with Crippen LogP contribution in [0.2, 0.25) is 0 Å². The Labute approximate surface area is 493 Å². The number of fused-ring (bicyclic) bond motifs is 16. The SMILES string of the molecule is c1ccc(-c2ccccc2N(c2cc3c4c(c2)N(c2ccc5oc6ccccc6c5c2)c2cc5c(cc2B4c2cc4oc6ccccc6c4cc2N3c2ccc3oc4ccccc4c3c2)oc2ccccc25)c2ccccc2-c2ccccc2)cc1. The van der Waals surface area contributed by atoms with Gasteiger partial charge in [-0.05, 0) is 137 Å². The van der Waals surface area contributed by atoms with Gasteiger partial charge in [0, 0.05) is 88.3 Å². The van der Waals surface area contributed by atoms with Gasteiger partial charge >= 0.3 is 0 Å². The Morgan fingerprint density at radius 3 is 1.05 bits per heavy atom. The third-order valence-corrected chi connectivity index (χ3v) is 18.0. The molecule has 4 aromatic heterocycles. The Kier molecular flexibility index (Phi) is 9.86. The topological polar surface area (TPSA) is 62.3 Å². The molecule has 7 nitrogen and oxygen atoms in total. The van der Waals surface area contributed by atoms with Crippen LogP contribution >= 0.6 is 0 Å². The normalized spacial score (nSPS) is 12.8. The van der Waals surface area contributed by atoms with E-state index in [0.717, 1.165) is 178 Å². The maximum Gasteiger partial charge on any atom is 0.252 e. The highest BCUT2D eigenvalue weighted by atomic mass is 16.3. The summed E-state index contributed by atoms with van der Waals surface area (Å²) in [5.41, 5.74) is 23.7. The maximum absolute atomic E-state index is 6.91. The van der Waals surface area contributed by atoms with Gasteiger partial charge in [0.25, 0.3) is 6.71 Å². The predicted molar refractivity (Wildman–Crippen MR) is 355 cm³/mol. The Balaban J connectivity index is 0.991. The summed E-state index contributed by atoms with van der Waals surface area (Å²) in [6.07, 6.45) is 0. The number of hydrogen-bond acceptors (Lipinski definition) is 7. The van der Waals surface area contributed by atoms with Crippen LogP contribution in [0.3, 0.4) is 0 Å². The van der Waals surface area contributed by atoms with E-state index < -0.39 is 0 Å². The molecular weight excluding hydrogens is 1050 g/mol. The minimum atomic E-state index is -0.305. The van der Waals surface area contributed by atoms with Crippen LogP contribution in [0.25, 0.3) is 110 Å². The zero-order valence-corrected chi connectivity index (χ0v) is 46.1. The molecule has 0 N–H and O–H groups in total. The summed E-state index contributed by atoms with van der Waals surface area (Å²) in [5.74, 6) is 0. The number of nitrogens with zero attached hydrogens (tertiary/aromatic N) is 3. The molecule has 17 aromatic rings. The molecule has 400 valence electrons. The Bertz CT molecular complexity index is 5320. The van der Waals surface area contributed by atoms with Crippen LogP contribution in [0.5, 0.6) is 0 Å². The fourth-order valence-electron chi connectivity index (χ4n) is 14.3. The van der Waals surface area contributed by atoms with E-state index in [1.807, 2.05) is 12.1 Å². The van der Waals surface area contributed by atoms with Crippen molar-refractivity contribution in [2.75, 3.05) is 14.7 Å². The van der Waals surface area contributed by atoms with E-state index in [1.165, 1.54) is 0 Å². The van der Waals surface area contributed by atoms with Crippen molar-refractivity contribution >= 4 is 162 Å². The smallest absolute Gasteiger partial charge is 0.252 e. The molecule has 0 saturated carbocycles. The van der Waals surface area contributed by atoms with Gasteiger partial charge in [0.2, 0.25) is 0 Å². The standard InChI is InChI=1S/C78H46BN3O4/c1-3-19-47(20-4-1)52-23-7-13-29-64(52)82(65-30-14-8-24-53(65)48-21-5-2-6-22-48)51-41-68-78-69(42-51)81(50-36-38-75-59(40-50)55-26-10-16-32-71(55)84-75)67-44-61-57-28-12-18-34-73(57)86-77(61)46-63(67)79(78)62-45-76-60(56-27-11-17-33-72(56)85-76)43-66(62)80(68)49-35-37-74-58(39-49)54-25-9-15-31-70(54)83-74/h1-46H. The number of rotatable bonds is 7. The van der Waals surface area contributed by atoms with Crippen molar-refractivity contribution in [2.45, 2.75) is 0 Å². The number of hydrogen-bond donors (Lipinski definition) is 0. The van der Waals surface area contributed by atoms with Crippen molar-refractivity contribution in [3.63, 3.8) is 0 Å². The average molecular weight is 1100 g/mol. The van der Waals surface area contributed by atoms with Crippen LogP contribution in [0.4, 0.5) is 51.2 Å². The first-order valence-electron chi connectivity index (χ1n) is 29.2. The van der Waals surface area contributed by atoms with E-state index in [1.54, 1.807) is 0 Å². The van der Waals surface area contributed by atoms with Crippen molar-refractivity contribution in [1.29, 1.82) is 0 Å². The molecule has 0 radical (unpaired) electrons. The second-order valence-electron chi connectivity index (χ2n) is 22.7. The number of anilines is 9. The minimum Gasteiger partial charge on any atom is -0.456 e. The van der Waals surface area contributed by atoms with Gasteiger partial charge in [0.1, 0.15) is 44.7 Å². The number of benzene rings is 13. The van der Waals surface area contributed by atoms with E-state index in [0.29, 0.717) is 0 Å². The maximum atomic E-state index is 6.91. The van der Waals surface area contributed by atoms with Crippen molar-refractivity contribution < 1.29 is 17.7 Å². The molecule has 0 spiro atoms. The molecule has 0 fully saturated rings. The molecule has 6 heterocycles. The van der Waals surface area contributed by atoms with E-state index >= 15 is 0 Å². The molecule has 0 atom stereocenters. The molecule has 0 aliphatic carbocycles. The molecule has 86 heavy (non-hydrogen) atoms. The van der Waals surface area contributed by atoms with Gasteiger partial charge in [-0.2, -0.15) is 0 Å². The van der Waals surface area contributed by atoms with E-state index in [9.17, 15) is 0 Å². The third-order valence-electron chi connectivity index (χ3n) is 18.0. The summed E-state index contributed by atoms with van der Waals surface area (Å²) < 4.78 is 27.0. The van der Waals surface area contributed by atoms with Gasteiger partial charge in [-0.15, -0.1) is 0 Å². The fraction of sp³-hybridized carbons (Fsp3) is 0. The molecule has 0 saturated heterocycles. The molecule has 0 unspecified atom stereocenters. The van der Waals surface area contributed by atoms with Gasteiger partial charge in [0.05, 0.1) is 17.1 Å². The van der Waals surface area contributed by atoms with Gasteiger partial charge in [-0.1, -0.05) is 170 Å².